The van der Waals surface area contributed by atoms with Gasteiger partial charge in [-0.15, -0.1) is 0 Å². The van der Waals surface area contributed by atoms with E-state index in [2.05, 4.69) is 26.0 Å². The van der Waals surface area contributed by atoms with Crippen molar-refractivity contribution in [3.8, 4) is 0 Å². The normalized spacial score (nSPS) is 14.0. The molecule has 1 atom stereocenters. The number of rotatable bonds is 3. The summed E-state index contributed by atoms with van der Waals surface area (Å²) in [5, 5.41) is 0. The van der Waals surface area contributed by atoms with Crippen LogP contribution in [-0.2, 0) is 4.74 Å². The van der Waals surface area contributed by atoms with Crippen LogP contribution < -0.4 is 5.73 Å². The van der Waals surface area contributed by atoms with Crippen LogP contribution in [0.25, 0.3) is 0 Å². The maximum absolute atomic E-state index is 6.23. The zero-order valence-electron chi connectivity index (χ0n) is 10.3. The number of hydrogen-bond acceptors (Lipinski definition) is 2. The number of hydrogen-bond donors (Lipinski definition) is 1. The van der Waals surface area contributed by atoms with E-state index in [4.69, 9.17) is 10.5 Å². The number of ether oxygens (including phenoxy) is 1. The molecule has 1 rings (SSSR count). The first kappa shape index (κ1) is 12.2. The highest BCUT2D eigenvalue weighted by atomic mass is 16.5. The first-order valence-electron chi connectivity index (χ1n) is 5.27. The van der Waals surface area contributed by atoms with E-state index in [-0.39, 0.29) is 11.6 Å². The minimum Gasteiger partial charge on any atom is -0.377 e. The molecule has 0 aliphatic heterocycles. The van der Waals surface area contributed by atoms with Crippen molar-refractivity contribution in [2.45, 2.75) is 39.3 Å². The van der Waals surface area contributed by atoms with Gasteiger partial charge in [0.05, 0.1) is 11.6 Å². The van der Waals surface area contributed by atoms with Gasteiger partial charge in [-0.25, -0.2) is 0 Å². The quantitative estimate of drug-likeness (QED) is 0.827. The predicted octanol–water partition coefficient (Wildman–Crippen LogP) is 2.73. The summed E-state index contributed by atoms with van der Waals surface area (Å²) in [6, 6.07) is 6.13. The number of benzene rings is 1. The molecule has 0 spiro atoms. The molecule has 0 saturated heterocycles. The molecule has 0 amide bonds. The van der Waals surface area contributed by atoms with Gasteiger partial charge in [0.15, 0.2) is 0 Å². The highest BCUT2D eigenvalue weighted by molar-refractivity contribution is 5.36. The van der Waals surface area contributed by atoms with Crippen molar-refractivity contribution < 1.29 is 4.74 Å². The lowest BCUT2D eigenvalue weighted by molar-refractivity contribution is -0.000199. The highest BCUT2D eigenvalue weighted by Gasteiger charge is 2.28. The third-order valence-corrected chi connectivity index (χ3v) is 3.26. The van der Waals surface area contributed by atoms with Gasteiger partial charge in [0.2, 0.25) is 0 Å². The van der Waals surface area contributed by atoms with Crippen LogP contribution in [0.15, 0.2) is 18.2 Å². The minimum absolute atomic E-state index is 0.0950. The molecule has 1 aromatic rings. The molecule has 15 heavy (non-hydrogen) atoms. The molecule has 2 heteroatoms. The summed E-state index contributed by atoms with van der Waals surface area (Å²) in [6.45, 7) is 8.24. The SMILES string of the molecule is COC(C)(C)C(N)c1cccc(C)c1C. The van der Waals surface area contributed by atoms with Gasteiger partial charge < -0.3 is 10.5 Å². The zero-order chi connectivity index (χ0) is 11.6. The van der Waals surface area contributed by atoms with Crippen molar-refractivity contribution >= 4 is 0 Å². The fourth-order valence-corrected chi connectivity index (χ4v) is 1.61. The average Bonchev–Trinajstić information content (AvgIpc) is 2.21. The molecule has 0 heterocycles. The maximum Gasteiger partial charge on any atom is 0.0814 e. The molecule has 0 fully saturated rings. The Labute approximate surface area is 92.4 Å². The molecule has 0 aliphatic rings. The summed E-state index contributed by atoms with van der Waals surface area (Å²) < 4.78 is 5.42. The van der Waals surface area contributed by atoms with E-state index in [1.807, 2.05) is 19.9 Å². The zero-order valence-corrected chi connectivity index (χ0v) is 10.3. The fraction of sp³-hybridized carbons (Fsp3) is 0.538. The Hall–Kier alpha value is -0.860. The van der Waals surface area contributed by atoms with Crippen molar-refractivity contribution in [3.05, 3.63) is 34.9 Å². The van der Waals surface area contributed by atoms with Crippen LogP contribution in [0.2, 0.25) is 0 Å². The Morgan fingerprint density at radius 1 is 1.27 bits per heavy atom. The summed E-state index contributed by atoms with van der Waals surface area (Å²) in [5.41, 5.74) is 9.59. The second-order valence-corrected chi connectivity index (χ2v) is 4.57. The largest absolute Gasteiger partial charge is 0.377 e. The summed E-state index contributed by atoms with van der Waals surface area (Å²) >= 11 is 0. The van der Waals surface area contributed by atoms with Gasteiger partial charge >= 0.3 is 0 Å². The van der Waals surface area contributed by atoms with Crippen LogP contribution in [0.5, 0.6) is 0 Å². The molecule has 0 radical (unpaired) electrons. The van der Waals surface area contributed by atoms with E-state index in [9.17, 15) is 0 Å². The Morgan fingerprint density at radius 2 is 1.87 bits per heavy atom. The topological polar surface area (TPSA) is 35.2 Å². The monoisotopic (exact) mass is 207 g/mol. The molecular weight excluding hydrogens is 186 g/mol. The molecule has 0 aliphatic carbocycles. The van der Waals surface area contributed by atoms with Crippen molar-refractivity contribution in [1.82, 2.24) is 0 Å². The van der Waals surface area contributed by atoms with Crippen LogP contribution in [0.3, 0.4) is 0 Å². The second-order valence-electron chi connectivity index (χ2n) is 4.57. The third-order valence-electron chi connectivity index (χ3n) is 3.26. The smallest absolute Gasteiger partial charge is 0.0814 e. The summed E-state index contributed by atoms with van der Waals surface area (Å²) in [6.07, 6.45) is 0. The molecule has 2 N–H and O–H groups in total. The van der Waals surface area contributed by atoms with Crippen molar-refractivity contribution in [2.75, 3.05) is 7.11 Å². The van der Waals surface area contributed by atoms with Crippen LogP contribution in [0, 0.1) is 13.8 Å². The van der Waals surface area contributed by atoms with Gasteiger partial charge in [0.25, 0.3) is 0 Å². The van der Waals surface area contributed by atoms with E-state index in [0.29, 0.717) is 0 Å². The fourth-order valence-electron chi connectivity index (χ4n) is 1.61. The van der Waals surface area contributed by atoms with Crippen molar-refractivity contribution in [2.24, 2.45) is 5.73 Å². The van der Waals surface area contributed by atoms with E-state index in [1.54, 1.807) is 7.11 Å². The Morgan fingerprint density at radius 3 is 2.40 bits per heavy atom. The van der Waals surface area contributed by atoms with Gasteiger partial charge in [-0.1, -0.05) is 18.2 Å². The molecule has 0 saturated carbocycles. The lowest BCUT2D eigenvalue weighted by atomic mass is 9.88. The lowest BCUT2D eigenvalue weighted by Gasteiger charge is -2.31. The highest BCUT2D eigenvalue weighted by Crippen LogP contribution is 2.29. The van der Waals surface area contributed by atoms with E-state index >= 15 is 0 Å². The summed E-state index contributed by atoms with van der Waals surface area (Å²) in [4.78, 5) is 0. The van der Waals surface area contributed by atoms with Crippen LogP contribution in [0.1, 0.15) is 36.6 Å². The Kier molecular flexibility index (Phi) is 3.53. The van der Waals surface area contributed by atoms with E-state index in [1.165, 1.54) is 16.7 Å². The maximum atomic E-state index is 6.23. The van der Waals surface area contributed by atoms with Crippen LogP contribution in [0.4, 0.5) is 0 Å². The van der Waals surface area contributed by atoms with E-state index < -0.39 is 0 Å². The van der Waals surface area contributed by atoms with Crippen LogP contribution >= 0.6 is 0 Å². The molecule has 2 nitrogen and oxygen atoms in total. The van der Waals surface area contributed by atoms with Gasteiger partial charge in [-0.3, -0.25) is 0 Å². The van der Waals surface area contributed by atoms with Gasteiger partial charge in [0.1, 0.15) is 0 Å². The summed E-state index contributed by atoms with van der Waals surface area (Å²) in [7, 11) is 1.70. The van der Waals surface area contributed by atoms with E-state index in [0.717, 1.165) is 0 Å². The second kappa shape index (κ2) is 4.33. The molecular formula is C13H21NO. The van der Waals surface area contributed by atoms with Crippen LogP contribution in [-0.4, -0.2) is 12.7 Å². The standard InChI is InChI=1S/C13H21NO/c1-9-7-6-8-11(10(9)2)12(14)13(3,4)15-5/h6-8,12H,14H2,1-5H3. The third kappa shape index (κ3) is 2.39. The minimum atomic E-state index is -0.335. The molecule has 1 unspecified atom stereocenters. The molecule has 0 aromatic heterocycles. The van der Waals surface area contributed by atoms with Gasteiger partial charge in [-0.05, 0) is 44.4 Å². The number of aryl methyl sites for hydroxylation is 1. The van der Waals surface area contributed by atoms with Crippen molar-refractivity contribution in [3.63, 3.8) is 0 Å². The molecule has 1 aromatic carbocycles. The first-order chi connectivity index (χ1) is 6.90. The summed E-state index contributed by atoms with van der Waals surface area (Å²) in [5.74, 6) is 0. The van der Waals surface area contributed by atoms with Gasteiger partial charge in [0, 0.05) is 7.11 Å². The predicted molar refractivity (Wildman–Crippen MR) is 63.9 cm³/mol. The lowest BCUT2D eigenvalue weighted by Crippen LogP contribution is -2.37. The Bertz CT molecular complexity index is 344. The van der Waals surface area contributed by atoms with Gasteiger partial charge in [-0.2, -0.15) is 0 Å². The Balaban J connectivity index is 3.12. The van der Waals surface area contributed by atoms with Crippen molar-refractivity contribution in [1.29, 1.82) is 0 Å². The first-order valence-corrected chi connectivity index (χ1v) is 5.27. The average molecular weight is 207 g/mol. The number of methoxy groups -OCH3 is 1. The number of nitrogens with two attached hydrogens (primary N) is 1. The molecule has 84 valence electrons. The molecule has 0 bridgehead atoms.